The summed E-state index contributed by atoms with van der Waals surface area (Å²) in [5.41, 5.74) is 8.84. The Bertz CT molecular complexity index is 4060. The van der Waals surface area contributed by atoms with Gasteiger partial charge in [-0.2, -0.15) is 0 Å². The fourth-order valence-corrected chi connectivity index (χ4v) is 10.9. The number of aromatic nitrogens is 4. The highest BCUT2D eigenvalue weighted by Gasteiger charge is 2.25. The first-order valence-electron chi connectivity index (χ1n) is 20.7. The number of thiophene rings is 1. The molecule has 62 heavy (non-hydrogen) atoms. The van der Waals surface area contributed by atoms with Gasteiger partial charge in [0.1, 0.15) is 22.3 Å². The summed E-state index contributed by atoms with van der Waals surface area (Å²) in [6, 6.07) is 63.7. The topological polar surface area (TPSA) is 69.9 Å². The summed E-state index contributed by atoms with van der Waals surface area (Å²) >= 11 is 1.76. The summed E-state index contributed by atoms with van der Waals surface area (Å²) in [6.07, 6.45) is 0. The smallest absolute Gasteiger partial charge is 0.167 e. The molecule has 0 N–H and O–H groups in total. The number of benzene rings is 9. The molecule has 0 spiro atoms. The van der Waals surface area contributed by atoms with Crippen molar-refractivity contribution in [1.82, 2.24) is 19.5 Å². The second kappa shape index (κ2) is 12.7. The molecule has 7 heteroatoms. The molecule has 9 aromatic carbocycles. The predicted octanol–water partition coefficient (Wildman–Crippen LogP) is 15.3. The van der Waals surface area contributed by atoms with Gasteiger partial charge in [0.05, 0.1) is 33.2 Å². The van der Waals surface area contributed by atoms with E-state index in [1.807, 2.05) is 36.4 Å². The fraction of sp³-hybridized carbons (Fsp3) is 0. The van der Waals surface area contributed by atoms with Gasteiger partial charge in [-0.15, -0.1) is 11.3 Å². The minimum absolute atomic E-state index is 0.514. The lowest BCUT2D eigenvalue weighted by atomic mass is 10.0. The van der Waals surface area contributed by atoms with Crippen LogP contribution in [0.2, 0.25) is 0 Å². The highest BCUT2D eigenvalue weighted by Crippen LogP contribution is 2.45. The largest absolute Gasteiger partial charge is 0.455 e. The molecule has 288 valence electrons. The van der Waals surface area contributed by atoms with Crippen LogP contribution in [0.4, 0.5) is 0 Å². The third-order valence-electron chi connectivity index (χ3n) is 12.5. The number of para-hydroxylation sites is 4. The Kier molecular flexibility index (Phi) is 6.89. The molecular formula is C55H30N4O2S. The summed E-state index contributed by atoms with van der Waals surface area (Å²) in [4.78, 5) is 16.0. The van der Waals surface area contributed by atoms with Gasteiger partial charge in [0.15, 0.2) is 17.5 Å². The van der Waals surface area contributed by atoms with Crippen LogP contribution in [-0.4, -0.2) is 19.5 Å². The zero-order chi connectivity index (χ0) is 40.5. The van der Waals surface area contributed by atoms with Crippen molar-refractivity contribution in [2.75, 3.05) is 0 Å². The molecule has 0 aliphatic carbocycles. The lowest BCUT2D eigenvalue weighted by Crippen LogP contribution is -2.01. The fourth-order valence-electron chi connectivity index (χ4n) is 9.67. The van der Waals surface area contributed by atoms with Crippen LogP contribution >= 0.6 is 11.3 Å². The predicted molar refractivity (Wildman–Crippen MR) is 255 cm³/mol. The van der Waals surface area contributed by atoms with Crippen molar-refractivity contribution in [2.24, 2.45) is 0 Å². The van der Waals surface area contributed by atoms with Gasteiger partial charge in [0.2, 0.25) is 0 Å². The van der Waals surface area contributed by atoms with E-state index in [0.29, 0.717) is 23.1 Å². The van der Waals surface area contributed by atoms with Crippen molar-refractivity contribution < 1.29 is 8.83 Å². The maximum Gasteiger partial charge on any atom is 0.167 e. The number of rotatable bonds is 4. The Morgan fingerprint density at radius 3 is 1.79 bits per heavy atom. The summed E-state index contributed by atoms with van der Waals surface area (Å²) in [6.45, 7) is 0. The van der Waals surface area contributed by atoms with Gasteiger partial charge in [-0.05, 0) is 71.4 Å². The molecule has 0 fully saturated rings. The minimum atomic E-state index is 0.514. The van der Waals surface area contributed by atoms with Crippen molar-refractivity contribution in [3.8, 4) is 39.9 Å². The molecular weight excluding hydrogens is 781 g/mol. The van der Waals surface area contributed by atoms with Crippen LogP contribution in [0.1, 0.15) is 0 Å². The Balaban J connectivity index is 1.08. The maximum atomic E-state index is 6.95. The van der Waals surface area contributed by atoms with Crippen LogP contribution < -0.4 is 0 Å². The van der Waals surface area contributed by atoms with Crippen molar-refractivity contribution in [3.05, 3.63) is 182 Å². The van der Waals surface area contributed by atoms with Gasteiger partial charge in [0, 0.05) is 52.7 Å². The quantitative estimate of drug-likeness (QED) is 0.177. The molecule has 6 nitrogen and oxygen atoms in total. The normalized spacial score (nSPS) is 12.2. The Labute approximate surface area is 356 Å². The zero-order valence-corrected chi connectivity index (χ0v) is 33.7. The van der Waals surface area contributed by atoms with Crippen LogP contribution in [0.15, 0.2) is 191 Å². The molecule has 0 radical (unpaired) electrons. The van der Waals surface area contributed by atoms with E-state index < -0.39 is 0 Å². The number of nitrogens with zero attached hydrogens (tertiary/aromatic N) is 4. The van der Waals surface area contributed by atoms with Crippen molar-refractivity contribution >= 4 is 108 Å². The van der Waals surface area contributed by atoms with Crippen molar-refractivity contribution in [2.45, 2.75) is 0 Å². The van der Waals surface area contributed by atoms with Crippen LogP contribution in [0, 0.1) is 0 Å². The average Bonchev–Trinajstić information content (AvgIpc) is 4.09. The van der Waals surface area contributed by atoms with E-state index in [0.717, 1.165) is 76.4 Å². The van der Waals surface area contributed by atoms with E-state index in [1.54, 1.807) is 11.3 Å². The molecule has 0 aliphatic heterocycles. The molecule has 0 atom stereocenters. The maximum absolute atomic E-state index is 6.95. The highest BCUT2D eigenvalue weighted by atomic mass is 32.1. The van der Waals surface area contributed by atoms with Crippen LogP contribution in [-0.2, 0) is 0 Å². The van der Waals surface area contributed by atoms with Crippen LogP contribution in [0.25, 0.3) is 136 Å². The van der Waals surface area contributed by atoms with E-state index in [1.165, 1.54) is 37.0 Å². The first-order valence-corrected chi connectivity index (χ1v) is 21.5. The summed E-state index contributed by atoms with van der Waals surface area (Å²) in [5, 5.41) is 11.2. The Morgan fingerprint density at radius 2 is 0.968 bits per heavy atom. The molecule has 14 rings (SSSR count). The van der Waals surface area contributed by atoms with E-state index in [2.05, 4.69) is 150 Å². The summed E-state index contributed by atoms with van der Waals surface area (Å²) in [5.74, 6) is 1.62. The molecule has 0 saturated carbocycles. The number of fused-ring (bicyclic) bond motifs is 13. The molecule has 0 unspecified atom stereocenters. The van der Waals surface area contributed by atoms with E-state index >= 15 is 0 Å². The second-order valence-electron chi connectivity index (χ2n) is 15.9. The highest BCUT2D eigenvalue weighted by molar-refractivity contribution is 7.26. The van der Waals surface area contributed by atoms with Crippen molar-refractivity contribution in [1.29, 1.82) is 0 Å². The van der Waals surface area contributed by atoms with E-state index in [9.17, 15) is 0 Å². The van der Waals surface area contributed by atoms with Gasteiger partial charge in [-0.25, -0.2) is 15.0 Å². The lowest BCUT2D eigenvalue weighted by Gasteiger charge is -2.13. The molecule has 14 aromatic rings. The van der Waals surface area contributed by atoms with E-state index in [4.69, 9.17) is 23.8 Å². The summed E-state index contributed by atoms with van der Waals surface area (Å²) in [7, 11) is 0. The Hall–Kier alpha value is -8.13. The molecule has 5 aromatic heterocycles. The number of furan rings is 2. The van der Waals surface area contributed by atoms with Gasteiger partial charge in [-0.1, -0.05) is 121 Å². The van der Waals surface area contributed by atoms with Gasteiger partial charge in [-0.3, -0.25) is 0 Å². The SMILES string of the molecule is c1ccc2cc3c(cc2c1)c1ccccc1n3-c1ccc(-c2nc(-c3cccc4c3oc3ccccc34)nc(-c3cccc4c3sc3ccccc34)n2)c2oc3ccccc3c12. The summed E-state index contributed by atoms with van der Waals surface area (Å²) < 4.78 is 18.3. The first-order chi connectivity index (χ1) is 30.7. The number of hydrogen-bond donors (Lipinski definition) is 0. The molecule has 0 aliphatic rings. The molecule has 5 heterocycles. The molecule has 0 saturated heterocycles. The van der Waals surface area contributed by atoms with Gasteiger partial charge in [0.25, 0.3) is 0 Å². The zero-order valence-electron chi connectivity index (χ0n) is 32.8. The van der Waals surface area contributed by atoms with Gasteiger partial charge >= 0.3 is 0 Å². The van der Waals surface area contributed by atoms with Crippen LogP contribution in [0.3, 0.4) is 0 Å². The standard InChI is InChI=1S/C55H30N4O2S/c1-2-14-32-30-45-42(29-31(32)13-1)33-15-3-7-23-43(33)59(45)44-28-27-40(51-49(44)38-18-5-9-25-47(38)61-51)54-56-53(39-21-11-19-36-34-16-4-8-24-46(34)60-50(36)39)57-55(58-54)41-22-12-20-37-35-17-6-10-26-48(35)62-52(37)41/h1-30H. The minimum Gasteiger partial charge on any atom is -0.455 e. The Morgan fingerprint density at radius 1 is 0.387 bits per heavy atom. The lowest BCUT2D eigenvalue weighted by molar-refractivity contribution is 0.669. The number of hydrogen-bond acceptors (Lipinski definition) is 6. The third kappa shape index (κ3) is 4.76. The monoisotopic (exact) mass is 810 g/mol. The molecule has 0 amide bonds. The average molecular weight is 811 g/mol. The third-order valence-corrected chi connectivity index (χ3v) is 13.7. The van der Waals surface area contributed by atoms with Crippen LogP contribution in [0.5, 0.6) is 0 Å². The second-order valence-corrected chi connectivity index (χ2v) is 16.9. The van der Waals surface area contributed by atoms with E-state index in [-0.39, 0.29) is 0 Å². The first kappa shape index (κ1) is 33.7. The van der Waals surface area contributed by atoms with Gasteiger partial charge < -0.3 is 13.4 Å². The molecule has 0 bridgehead atoms. The van der Waals surface area contributed by atoms with Crippen molar-refractivity contribution in [3.63, 3.8) is 0 Å².